The summed E-state index contributed by atoms with van der Waals surface area (Å²) in [6.07, 6.45) is 0. The Morgan fingerprint density at radius 3 is 2.64 bits per heavy atom. The van der Waals surface area contributed by atoms with Crippen LogP contribution in [-0.2, 0) is 4.74 Å². The Hall–Kier alpha value is -0.700. The third-order valence-corrected chi connectivity index (χ3v) is 2.15. The Bertz CT molecular complexity index is 169. The highest BCUT2D eigenvalue weighted by atomic mass is 16.5. The minimum atomic E-state index is 0.615. The number of hydrogen-bond acceptors (Lipinski definition) is 3. The summed E-state index contributed by atoms with van der Waals surface area (Å²) < 4.78 is 5.82. The van der Waals surface area contributed by atoms with E-state index in [-0.39, 0.29) is 0 Å². The maximum atomic E-state index is 6.79. The lowest BCUT2D eigenvalue weighted by Crippen LogP contribution is -2.50. The first-order chi connectivity index (χ1) is 5.33. The van der Waals surface area contributed by atoms with E-state index in [1.165, 1.54) is 0 Å². The predicted octanol–water partition coefficient (Wildman–Crippen LogP) is 0.521. The Labute approximate surface area is 66.6 Å². The van der Waals surface area contributed by atoms with Crippen LogP contribution in [0.3, 0.4) is 0 Å². The summed E-state index contributed by atoms with van der Waals surface area (Å²) in [6, 6.07) is 2.12. The summed E-state index contributed by atoms with van der Waals surface area (Å²) in [5, 5.41) is 10.8. The SMILES string of the molecule is CC[N+]1(N=C=N)CCOCC1. The number of quaternary nitrogens is 1. The molecule has 1 aliphatic heterocycles. The van der Waals surface area contributed by atoms with Crippen LogP contribution < -0.4 is 0 Å². The van der Waals surface area contributed by atoms with Crippen LogP contribution in [0.2, 0.25) is 0 Å². The molecule has 0 aromatic carbocycles. The summed E-state index contributed by atoms with van der Waals surface area (Å²) in [5.41, 5.74) is 0. The molecule has 1 rings (SSSR count). The second-order valence-electron chi connectivity index (χ2n) is 2.68. The molecular formula is C7H14N3O+. The molecule has 0 spiro atoms. The lowest BCUT2D eigenvalue weighted by atomic mass is 10.4. The number of rotatable bonds is 2. The summed E-state index contributed by atoms with van der Waals surface area (Å²) in [5.74, 6) is 0. The number of nitrogens with one attached hydrogen (secondary N) is 1. The maximum absolute atomic E-state index is 6.79. The van der Waals surface area contributed by atoms with Crippen molar-refractivity contribution < 1.29 is 9.33 Å². The van der Waals surface area contributed by atoms with Gasteiger partial charge in [0, 0.05) is 0 Å². The zero-order valence-electron chi connectivity index (χ0n) is 6.84. The van der Waals surface area contributed by atoms with Gasteiger partial charge in [0.1, 0.15) is 25.6 Å². The number of ether oxygens (including phenoxy) is 1. The normalized spacial score (nSPS) is 22.3. The topological polar surface area (TPSA) is 45.4 Å². The van der Waals surface area contributed by atoms with Crippen molar-refractivity contribution in [2.45, 2.75) is 6.92 Å². The summed E-state index contributed by atoms with van der Waals surface area (Å²) in [6.45, 7) is 6.25. The van der Waals surface area contributed by atoms with E-state index in [4.69, 9.17) is 10.1 Å². The van der Waals surface area contributed by atoms with Crippen molar-refractivity contribution >= 4 is 6.01 Å². The van der Waals surface area contributed by atoms with Crippen LogP contribution in [0.15, 0.2) is 5.10 Å². The molecule has 0 atom stereocenters. The Morgan fingerprint density at radius 2 is 2.18 bits per heavy atom. The number of morpholine rings is 1. The highest BCUT2D eigenvalue weighted by molar-refractivity contribution is 5.34. The molecule has 0 bridgehead atoms. The van der Waals surface area contributed by atoms with E-state index in [0.29, 0.717) is 4.59 Å². The Morgan fingerprint density at radius 1 is 1.55 bits per heavy atom. The minimum Gasteiger partial charge on any atom is -0.370 e. The van der Waals surface area contributed by atoms with Gasteiger partial charge < -0.3 is 4.74 Å². The van der Waals surface area contributed by atoms with E-state index in [0.717, 1.165) is 32.8 Å². The smallest absolute Gasteiger partial charge is 0.150 e. The van der Waals surface area contributed by atoms with E-state index in [2.05, 4.69) is 18.0 Å². The first-order valence-corrected chi connectivity index (χ1v) is 3.91. The molecule has 62 valence electrons. The third kappa shape index (κ3) is 1.87. The Balaban J connectivity index is 2.64. The van der Waals surface area contributed by atoms with Crippen molar-refractivity contribution in [2.75, 3.05) is 32.8 Å². The van der Waals surface area contributed by atoms with Gasteiger partial charge in [-0.05, 0) is 12.0 Å². The first-order valence-electron chi connectivity index (χ1n) is 3.91. The molecule has 4 heteroatoms. The van der Waals surface area contributed by atoms with Gasteiger partial charge in [0.2, 0.25) is 0 Å². The maximum Gasteiger partial charge on any atom is 0.150 e. The fraction of sp³-hybridized carbons (Fsp3) is 0.857. The molecule has 1 N–H and O–H groups in total. The summed E-state index contributed by atoms with van der Waals surface area (Å²) in [4.78, 5) is 0. The lowest BCUT2D eigenvalue weighted by molar-refractivity contribution is -0.939. The molecule has 0 aliphatic carbocycles. The van der Waals surface area contributed by atoms with Gasteiger partial charge in [-0.2, -0.15) is 4.59 Å². The fourth-order valence-corrected chi connectivity index (χ4v) is 1.28. The third-order valence-electron chi connectivity index (χ3n) is 2.15. The van der Waals surface area contributed by atoms with Crippen molar-refractivity contribution in [3.05, 3.63) is 0 Å². The molecule has 0 unspecified atom stereocenters. The van der Waals surface area contributed by atoms with Crippen LogP contribution in [0.5, 0.6) is 0 Å². The zero-order valence-corrected chi connectivity index (χ0v) is 6.84. The molecule has 1 aliphatic rings. The second kappa shape index (κ2) is 3.62. The van der Waals surface area contributed by atoms with Crippen LogP contribution in [0.1, 0.15) is 6.92 Å². The molecule has 11 heavy (non-hydrogen) atoms. The van der Waals surface area contributed by atoms with Crippen molar-refractivity contribution in [1.82, 2.24) is 0 Å². The van der Waals surface area contributed by atoms with Gasteiger partial charge in [-0.3, -0.25) is 0 Å². The first kappa shape index (κ1) is 8.40. The molecule has 1 heterocycles. The highest BCUT2D eigenvalue weighted by Gasteiger charge is 2.28. The van der Waals surface area contributed by atoms with Gasteiger partial charge in [0.05, 0.1) is 13.2 Å². The molecule has 0 radical (unpaired) electrons. The molecule has 0 amide bonds. The van der Waals surface area contributed by atoms with Crippen LogP contribution in [-0.4, -0.2) is 43.4 Å². The number of hydrogen-bond donors (Lipinski definition) is 1. The molecule has 0 saturated carbocycles. The van der Waals surface area contributed by atoms with Gasteiger partial charge >= 0.3 is 0 Å². The Kier molecular flexibility index (Phi) is 2.76. The molecule has 0 aromatic rings. The molecular weight excluding hydrogens is 142 g/mol. The monoisotopic (exact) mass is 156 g/mol. The van der Waals surface area contributed by atoms with Crippen molar-refractivity contribution in [2.24, 2.45) is 5.10 Å². The van der Waals surface area contributed by atoms with Crippen LogP contribution in [0.25, 0.3) is 0 Å². The average Bonchev–Trinajstić information content (AvgIpc) is 2.07. The summed E-state index contributed by atoms with van der Waals surface area (Å²) >= 11 is 0. The summed E-state index contributed by atoms with van der Waals surface area (Å²) in [7, 11) is 0. The standard InChI is InChI=1S/C7H14N3O/c1-2-10(9-7-8)3-5-11-6-4-10/h8H,2-6H2,1H3/q+1. The van der Waals surface area contributed by atoms with Crippen molar-refractivity contribution in [3.8, 4) is 0 Å². The van der Waals surface area contributed by atoms with Crippen LogP contribution in [0, 0.1) is 5.41 Å². The quantitative estimate of drug-likeness (QED) is 0.460. The highest BCUT2D eigenvalue weighted by Crippen LogP contribution is 2.10. The fourth-order valence-electron chi connectivity index (χ4n) is 1.28. The lowest BCUT2D eigenvalue weighted by Gasteiger charge is -2.32. The minimum absolute atomic E-state index is 0.615. The van der Waals surface area contributed by atoms with Gasteiger partial charge in [-0.25, -0.2) is 5.41 Å². The zero-order chi connectivity index (χ0) is 8.16. The van der Waals surface area contributed by atoms with Crippen LogP contribution >= 0.6 is 0 Å². The molecule has 0 aromatic heterocycles. The van der Waals surface area contributed by atoms with E-state index in [1.54, 1.807) is 0 Å². The van der Waals surface area contributed by atoms with Gasteiger partial charge in [-0.1, -0.05) is 0 Å². The predicted molar refractivity (Wildman–Crippen MR) is 41.5 cm³/mol. The average molecular weight is 156 g/mol. The van der Waals surface area contributed by atoms with Gasteiger partial charge in [-0.15, -0.1) is 0 Å². The van der Waals surface area contributed by atoms with E-state index in [9.17, 15) is 0 Å². The van der Waals surface area contributed by atoms with E-state index < -0.39 is 0 Å². The number of likely N-dealkylation sites (N-methyl/N-ethyl adjacent to an activating group) is 1. The number of nitrogens with zero attached hydrogens (tertiary/aromatic N) is 2. The van der Waals surface area contributed by atoms with Crippen molar-refractivity contribution in [3.63, 3.8) is 0 Å². The van der Waals surface area contributed by atoms with Gasteiger partial charge in [0.15, 0.2) is 0 Å². The van der Waals surface area contributed by atoms with Crippen molar-refractivity contribution in [1.29, 1.82) is 5.41 Å². The molecule has 1 fully saturated rings. The van der Waals surface area contributed by atoms with Gasteiger partial charge in [0.25, 0.3) is 0 Å². The molecule has 4 nitrogen and oxygen atoms in total. The van der Waals surface area contributed by atoms with E-state index >= 15 is 0 Å². The molecule has 1 saturated heterocycles. The second-order valence-corrected chi connectivity index (χ2v) is 2.68. The van der Waals surface area contributed by atoms with Crippen LogP contribution in [0.4, 0.5) is 0 Å². The van der Waals surface area contributed by atoms with E-state index in [1.807, 2.05) is 0 Å². The largest absolute Gasteiger partial charge is 0.370 e.